The predicted molar refractivity (Wildman–Crippen MR) is 103 cm³/mol. The second-order valence-corrected chi connectivity index (χ2v) is 6.38. The van der Waals surface area contributed by atoms with E-state index in [2.05, 4.69) is 10.3 Å². The number of nitrogens with one attached hydrogen (secondary N) is 1. The summed E-state index contributed by atoms with van der Waals surface area (Å²) in [5, 5.41) is 13.9. The van der Waals surface area contributed by atoms with E-state index in [1.807, 2.05) is 30.3 Å². The van der Waals surface area contributed by atoms with Crippen molar-refractivity contribution in [2.45, 2.75) is 5.03 Å². The number of para-hydroxylation sites is 1. The largest absolute Gasteiger partial charge is 0.457 e. The summed E-state index contributed by atoms with van der Waals surface area (Å²) in [6, 6.07) is 19.3. The van der Waals surface area contributed by atoms with Gasteiger partial charge in [-0.1, -0.05) is 30.0 Å². The molecular formula is C19H15N3O4S. The second-order valence-electron chi connectivity index (χ2n) is 5.39. The zero-order valence-electron chi connectivity index (χ0n) is 14.1. The summed E-state index contributed by atoms with van der Waals surface area (Å²) in [5.74, 6) is 1.36. The summed E-state index contributed by atoms with van der Waals surface area (Å²) in [7, 11) is 0. The molecule has 1 heterocycles. The third-order valence-electron chi connectivity index (χ3n) is 3.40. The van der Waals surface area contributed by atoms with Crippen LogP contribution >= 0.6 is 11.8 Å². The van der Waals surface area contributed by atoms with Crippen molar-refractivity contribution in [2.24, 2.45) is 0 Å². The molecule has 0 aliphatic rings. The van der Waals surface area contributed by atoms with Crippen LogP contribution in [0, 0.1) is 10.1 Å². The standard InChI is InChI=1S/C19H15N3O4S/c23-18(13-27-19-11-8-15(12-20-19)22(24)25)21-14-6-9-17(10-7-14)26-16-4-2-1-3-5-16/h1-12H,13H2,(H,21,23). The summed E-state index contributed by atoms with van der Waals surface area (Å²) in [6.45, 7) is 0. The van der Waals surface area contributed by atoms with E-state index in [0.29, 0.717) is 16.5 Å². The van der Waals surface area contributed by atoms with Gasteiger partial charge in [0.05, 0.1) is 15.7 Å². The fraction of sp³-hybridized carbons (Fsp3) is 0.0526. The highest BCUT2D eigenvalue weighted by Crippen LogP contribution is 2.23. The maximum atomic E-state index is 12.0. The summed E-state index contributed by atoms with van der Waals surface area (Å²) in [5.41, 5.74) is 0.569. The van der Waals surface area contributed by atoms with Gasteiger partial charge in [0, 0.05) is 11.8 Å². The molecule has 0 bridgehead atoms. The molecule has 0 saturated carbocycles. The fourth-order valence-corrected chi connectivity index (χ4v) is 2.78. The number of thioether (sulfide) groups is 1. The topological polar surface area (TPSA) is 94.4 Å². The number of benzene rings is 2. The molecule has 7 nitrogen and oxygen atoms in total. The van der Waals surface area contributed by atoms with Crippen LogP contribution in [0.5, 0.6) is 11.5 Å². The molecule has 3 rings (SSSR count). The molecule has 0 atom stereocenters. The van der Waals surface area contributed by atoms with Gasteiger partial charge in [-0.2, -0.15) is 0 Å². The van der Waals surface area contributed by atoms with Crippen LogP contribution in [0.1, 0.15) is 0 Å². The summed E-state index contributed by atoms with van der Waals surface area (Å²) in [6.07, 6.45) is 1.17. The molecule has 0 fully saturated rings. The fourth-order valence-electron chi connectivity index (χ4n) is 2.13. The number of pyridine rings is 1. The molecule has 136 valence electrons. The molecule has 0 saturated heterocycles. The van der Waals surface area contributed by atoms with Crippen molar-refractivity contribution in [1.82, 2.24) is 4.98 Å². The first-order chi connectivity index (χ1) is 13.1. The zero-order valence-corrected chi connectivity index (χ0v) is 14.9. The molecule has 0 aliphatic carbocycles. The van der Waals surface area contributed by atoms with Crippen LogP contribution in [-0.4, -0.2) is 21.6 Å². The molecule has 0 aliphatic heterocycles. The maximum absolute atomic E-state index is 12.0. The minimum absolute atomic E-state index is 0.0818. The number of rotatable bonds is 7. The highest BCUT2D eigenvalue weighted by Gasteiger charge is 2.08. The van der Waals surface area contributed by atoms with Gasteiger partial charge in [-0.05, 0) is 42.5 Å². The Hall–Kier alpha value is -3.39. The normalized spacial score (nSPS) is 10.2. The summed E-state index contributed by atoms with van der Waals surface area (Å²) in [4.78, 5) is 26.1. The number of hydrogen-bond acceptors (Lipinski definition) is 6. The molecule has 0 radical (unpaired) electrons. The molecule has 8 heteroatoms. The van der Waals surface area contributed by atoms with Crippen LogP contribution in [0.25, 0.3) is 0 Å². The number of ether oxygens (including phenoxy) is 1. The Morgan fingerprint density at radius 2 is 1.74 bits per heavy atom. The van der Waals surface area contributed by atoms with Crippen LogP contribution in [0.3, 0.4) is 0 Å². The van der Waals surface area contributed by atoms with E-state index >= 15 is 0 Å². The van der Waals surface area contributed by atoms with Crippen molar-refractivity contribution in [3.05, 3.63) is 83.0 Å². The van der Waals surface area contributed by atoms with Gasteiger partial charge in [-0.15, -0.1) is 0 Å². The minimum atomic E-state index is -0.515. The lowest BCUT2D eigenvalue weighted by Crippen LogP contribution is -2.13. The lowest BCUT2D eigenvalue weighted by molar-refractivity contribution is -0.385. The van der Waals surface area contributed by atoms with Gasteiger partial charge in [-0.25, -0.2) is 4.98 Å². The number of anilines is 1. The Morgan fingerprint density at radius 3 is 2.37 bits per heavy atom. The van der Waals surface area contributed by atoms with Crippen molar-refractivity contribution in [1.29, 1.82) is 0 Å². The van der Waals surface area contributed by atoms with E-state index in [1.165, 1.54) is 30.1 Å². The van der Waals surface area contributed by atoms with Crippen LogP contribution in [0.4, 0.5) is 11.4 Å². The van der Waals surface area contributed by atoms with Gasteiger partial charge in [0.25, 0.3) is 5.69 Å². The van der Waals surface area contributed by atoms with Crippen LogP contribution < -0.4 is 10.1 Å². The van der Waals surface area contributed by atoms with Crippen LogP contribution in [0.15, 0.2) is 78.0 Å². The van der Waals surface area contributed by atoms with Gasteiger partial charge in [0.2, 0.25) is 5.91 Å². The quantitative estimate of drug-likeness (QED) is 0.367. The predicted octanol–water partition coefficient (Wildman–Crippen LogP) is 4.51. The molecule has 2 aromatic carbocycles. The van der Waals surface area contributed by atoms with Crippen molar-refractivity contribution in [3.8, 4) is 11.5 Å². The Labute approximate surface area is 159 Å². The van der Waals surface area contributed by atoms with Gasteiger partial charge in [-0.3, -0.25) is 14.9 Å². The summed E-state index contributed by atoms with van der Waals surface area (Å²) < 4.78 is 5.70. The number of carbonyl (C=O) groups excluding carboxylic acids is 1. The van der Waals surface area contributed by atoms with Crippen LogP contribution in [0.2, 0.25) is 0 Å². The highest BCUT2D eigenvalue weighted by atomic mass is 32.2. The van der Waals surface area contributed by atoms with Gasteiger partial charge < -0.3 is 10.1 Å². The maximum Gasteiger partial charge on any atom is 0.287 e. The molecule has 3 aromatic rings. The lowest BCUT2D eigenvalue weighted by Gasteiger charge is -2.08. The van der Waals surface area contributed by atoms with E-state index in [-0.39, 0.29) is 17.3 Å². The van der Waals surface area contributed by atoms with E-state index in [9.17, 15) is 14.9 Å². The van der Waals surface area contributed by atoms with Crippen molar-refractivity contribution in [3.63, 3.8) is 0 Å². The Kier molecular flexibility index (Phi) is 6.01. The Bertz CT molecular complexity index is 916. The molecule has 1 aromatic heterocycles. The Morgan fingerprint density at radius 1 is 1.04 bits per heavy atom. The average molecular weight is 381 g/mol. The third kappa shape index (κ3) is 5.55. The molecule has 27 heavy (non-hydrogen) atoms. The van der Waals surface area contributed by atoms with E-state index in [1.54, 1.807) is 24.3 Å². The SMILES string of the molecule is O=C(CSc1ccc([N+](=O)[O-])cn1)Nc1ccc(Oc2ccccc2)cc1. The van der Waals surface area contributed by atoms with E-state index in [4.69, 9.17) is 4.74 Å². The minimum Gasteiger partial charge on any atom is -0.457 e. The molecule has 1 amide bonds. The first-order valence-corrected chi connectivity index (χ1v) is 8.95. The molecule has 1 N–H and O–H groups in total. The van der Waals surface area contributed by atoms with Crippen molar-refractivity contribution < 1.29 is 14.5 Å². The second kappa shape index (κ2) is 8.81. The van der Waals surface area contributed by atoms with Crippen LogP contribution in [-0.2, 0) is 4.79 Å². The van der Waals surface area contributed by atoms with Crippen molar-refractivity contribution >= 4 is 29.0 Å². The van der Waals surface area contributed by atoms with Gasteiger partial charge in [0.1, 0.15) is 17.7 Å². The third-order valence-corrected chi connectivity index (χ3v) is 4.34. The number of nitrogens with zero attached hydrogens (tertiary/aromatic N) is 2. The van der Waals surface area contributed by atoms with Crippen molar-refractivity contribution in [2.75, 3.05) is 11.1 Å². The van der Waals surface area contributed by atoms with Gasteiger partial charge >= 0.3 is 0 Å². The first kappa shape index (κ1) is 18.4. The zero-order chi connectivity index (χ0) is 19.1. The smallest absolute Gasteiger partial charge is 0.287 e. The molecule has 0 unspecified atom stereocenters. The van der Waals surface area contributed by atoms with E-state index in [0.717, 1.165) is 5.75 Å². The van der Waals surface area contributed by atoms with Gasteiger partial charge in [0.15, 0.2) is 0 Å². The number of nitro groups is 1. The number of amides is 1. The van der Waals surface area contributed by atoms with E-state index < -0.39 is 4.92 Å². The lowest BCUT2D eigenvalue weighted by atomic mass is 10.3. The number of aromatic nitrogens is 1. The first-order valence-electron chi connectivity index (χ1n) is 7.96. The molecule has 0 spiro atoms. The monoisotopic (exact) mass is 381 g/mol. The Balaban J connectivity index is 1.49. The number of hydrogen-bond donors (Lipinski definition) is 1. The average Bonchev–Trinajstić information content (AvgIpc) is 2.69. The summed E-state index contributed by atoms with van der Waals surface area (Å²) >= 11 is 1.20. The molecular weight excluding hydrogens is 366 g/mol. The highest BCUT2D eigenvalue weighted by molar-refractivity contribution is 7.99. The number of carbonyl (C=O) groups is 1.